The summed E-state index contributed by atoms with van der Waals surface area (Å²) >= 11 is 0. The molecule has 23 heavy (non-hydrogen) atoms. The third-order valence-electron chi connectivity index (χ3n) is 8.93. The van der Waals surface area contributed by atoms with Gasteiger partial charge in [-0.05, 0) is 92.4 Å². The zero-order chi connectivity index (χ0) is 16.6. The van der Waals surface area contributed by atoms with E-state index in [0.29, 0.717) is 23.5 Å². The van der Waals surface area contributed by atoms with Crippen LogP contribution >= 0.6 is 0 Å². The van der Waals surface area contributed by atoms with Crippen LogP contribution in [0.2, 0.25) is 0 Å². The van der Waals surface area contributed by atoms with E-state index in [9.17, 15) is 9.90 Å². The van der Waals surface area contributed by atoms with E-state index in [-0.39, 0.29) is 10.8 Å². The average molecular weight is 316 g/mol. The monoisotopic (exact) mass is 316 g/mol. The van der Waals surface area contributed by atoms with Crippen LogP contribution in [-0.2, 0) is 4.79 Å². The maximum Gasteiger partial charge on any atom is 0.158 e. The van der Waals surface area contributed by atoms with Gasteiger partial charge in [-0.25, -0.2) is 0 Å². The second kappa shape index (κ2) is 4.71. The predicted octanol–water partition coefficient (Wildman–Crippen LogP) is 4.52. The smallest absolute Gasteiger partial charge is 0.158 e. The Balaban J connectivity index is 1.71. The highest BCUT2D eigenvalue weighted by molar-refractivity contribution is 5.96. The van der Waals surface area contributed by atoms with Gasteiger partial charge in [0, 0.05) is 6.42 Å². The van der Waals surface area contributed by atoms with Crippen molar-refractivity contribution >= 4 is 5.78 Å². The Hall–Kier alpha value is -0.630. The summed E-state index contributed by atoms with van der Waals surface area (Å²) in [6.07, 6.45) is 10.1. The van der Waals surface area contributed by atoms with Crippen molar-refractivity contribution in [1.29, 1.82) is 0 Å². The standard InChI is InChI=1S/C21H32O2/c1-13-12-19(2)14(11-18(13)22)5-6-15-16(19)7-9-20(3)17(15)8-10-21(20,4)23/h12,14-17,23H,5-11H2,1-4H3. The largest absolute Gasteiger partial charge is 0.390 e. The van der Waals surface area contributed by atoms with Crippen molar-refractivity contribution in [2.45, 2.75) is 78.2 Å². The van der Waals surface area contributed by atoms with Gasteiger partial charge in [-0.3, -0.25) is 4.79 Å². The molecule has 7 unspecified atom stereocenters. The SMILES string of the molecule is CC1=CC2(C)C(CCC3C2CCC2(C)C3CCC2(C)O)CC1=O. The van der Waals surface area contributed by atoms with E-state index in [1.807, 2.05) is 6.92 Å². The number of ketones is 1. The molecule has 0 heterocycles. The maximum absolute atomic E-state index is 12.2. The number of carbonyl (C=O) groups is 1. The number of rotatable bonds is 0. The summed E-state index contributed by atoms with van der Waals surface area (Å²) in [5, 5.41) is 11.0. The number of hydrogen-bond acceptors (Lipinski definition) is 2. The molecular weight excluding hydrogens is 284 g/mol. The van der Waals surface area contributed by atoms with Crippen LogP contribution in [0.25, 0.3) is 0 Å². The van der Waals surface area contributed by atoms with Crippen molar-refractivity contribution in [2.75, 3.05) is 0 Å². The van der Waals surface area contributed by atoms with E-state index in [2.05, 4.69) is 26.8 Å². The molecule has 3 saturated carbocycles. The van der Waals surface area contributed by atoms with Gasteiger partial charge in [-0.15, -0.1) is 0 Å². The van der Waals surface area contributed by atoms with Crippen LogP contribution < -0.4 is 0 Å². The molecule has 2 nitrogen and oxygen atoms in total. The summed E-state index contributed by atoms with van der Waals surface area (Å²) < 4.78 is 0. The van der Waals surface area contributed by atoms with Gasteiger partial charge in [-0.2, -0.15) is 0 Å². The zero-order valence-electron chi connectivity index (χ0n) is 15.2. The Morgan fingerprint density at radius 3 is 2.48 bits per heavy atom. The van der Waals surface area contributed by atoms with E-state index in [4.69, 9.17) is 0 Å². The molecule has 0 radical (unpaired) electrons. The van der Waals surface area contributed by atoms with Gasteiger partial charge >= 0.3 is 0 Å². The number of hydrogen-bond donors (Lipinski definition) is 1. The first kappa shape index (κ1) is 15.9. The molecule has 0 aromatic carbocycles. The van der Waals surface area contributed by atoms with E-state index < -0.39 is 5.60 Å². The molecule has 4 aliphatic carbocycles. The number of Topliss-reactive ketones (excluding diaryl/α,β-unsaturated/α-hetero) is 1. The highest BCUT2D eigenvalue weighted by atomic mass is 16.3. The van der Waals surface area contributed by atoms with Crippen LogP contribution in [-0.4, -0.2) is 16.5 Å². The minimum Gasteiger partial charge on any atom is -0.390 e. The quantitative estimate of drug-likeness (QED) is 0.713. The Kier molecular flexibility index (Phi) is 3.25. The molecule has 0 bridgehead atoms. The van der Waals surface area contributed by atoms with Crippen LogP contribution in [0.4, 0.5) is 0 Å². The lowest BCUT2D eigenvalue weighted by molar-refractivity contribution is -0.135. The highest BCUT2D eigenvalue weighted by Gasteiger charge is 2.62. The molecule has 1 N–H and O–H groups in total. The maximum atomic E-state index is 12.2. The van der Waals surface area contributed by atoms with E-state index >= 15 is 0 Å². The van der Waals surface area contributed by atoms with Gasteiger partial charge in [0.1, 0.15) is 0 Å². The lowest BCUT2D eigenvalue weighted by Gasteiger charge is -2.59. The Morgan fingerprint density at radius 1 is 1.04 bits per heavy atom. The van der Waals surface area contributed by atoms with Crippen molar-refractivity contribution in [3.8, 4) is 0 Å². The Morgan fingerprint density at radius 2 is 1.74 bits per heavy atom. The highest BCUT2D eigenvalue weighted by Crippen LogP contribution is 2.67. The van der Waals surface area contributed by atoms with E-state index in [1.54, 1.807) is 0 Å². The molecule has 0 saturated heterocycles. The summed E-state index contributed by atoms with van der Waals surface area (Å²) in [5.41, 5.74) is 0.808. The molecule has 128 valence electrons. The summed E-state index contributed by atoms with van der Waals surface area (Å²) in [7, 11) is 0. The fourth-order valence-corrected chi connectivity index (χ4v) is 7.19. The van der Waals surface area contributed by atoms with Gasteiger partial charge in [0.15, 0.2) is 5.78 Å². The van der Waals surface area contributed by atoms with Crippen molar-refractivity contribution < 1.29 is 9.90 Å². The molecule has 4 aliphatic rings. The van der Waals surface area contributed by atoms with Crippen molar-refractivity contribution in [3.05, 3.63) is 11.6 Å². The number of aliphatic hydroxyl groups is 1. The number of carbonyl (C=O) groups excluding carboxylic acids is 1. The molecule has 7 atom stereocenters. The van der Waals surface area contributed by atoms with Crippen molar-refractivity contribution in [2.24, 2.45) is 34.5 Å². The molecule has 2 heteroatoms. The van der Waals surface area contributed by atoms with Crippen molar-refractivity contribution in [3.63, 3.8) is 0 Å². The minimum atomic E-state index is -0.491. The van der Waals surface area contributed by atoms with Crippen LogP contribution in [0.15, 0.2) is 11.6 Å². The minimum absolute atomic E-state index is 0.0978. The summed E-state index contributed by atoms with van der Waals surface area (Å²) in [5.74, 6) is 3.03. The molecule has 0 amide bonds. The van der Waals surface area contributed by atoms with Crippen LogP contribution in [0, 0.1) is 34.5 Å². The number of allylic oxidation sites excluding steroid dienone is 2. The van der Waals surface area contributed by atoms with E-state index in [1.165, 1.54) is 25.7 Å². The first-order valence-corrected chi connectivity index (χ1v) is 9.64. The van der Waals surface area contributed by atoms with Gasteiger partial charge in [0.2, 0.25) is 0 Å². The normalized spacial score (nSPS) is 55.7. The summed E-state index contributed by atoms with van der Waals surface area (Å²) in [6, 6.07) is 0. The Bertz CT molecular complexity index is 574. The van der Waals surface area contributed by atoms with Gasteiger partial charge in [0.25, 0.3) is 0 Å². The predicted molar refractivity (Wildman–Crippen MR) is 91.9 cm³/mol. The third kappa shape index (κ3) is 1.94. The molecule has 3 fully saturated rings. The first-order valence-electron chi connectivity index (χ1n) is 9.64. The topological polar surface area (TPSA) is 37.3 Å². The second-order valence-corrected chi connectivity index (χ2v) is 9.74. The average Bonchev–Trinajstić information content (AvgIpc) is 2.71. The fourth-order valence-electron chi connectivity index (χ4n) is 7.19. The Labute approximate surface area is 140 Å². The summed E-state index contributed by atoms with van der Waals surface area (Å²) in [4.78, 5) is 12.2. The van der Waals surface area contributed by atoms with Crippen LogP contribution in [0.5, 0.6) is 0 Å². The molecule has 0 spiro atoms. The van der Waals surface area contributed by atoms with Gasteiger partial charge in [0.05, 0.1) is 5.60 Å². The molecule has 0 aromatic rings. The van der Waals surface area contributed by atoms with Crippen molar-refractivity contribution in [1.82, 2.24) is 0 Å². The third-order valence-corrected chi connectivity index (χ3v) is 8.93. The van der Waals surface area contributed by atoms with Gasteiger partial charge in [-0.1, -0.05) is 19.9 Å². The lowest BCUT2D eigenvalue weighted by atomic mass is 9.45. The molecule has 0 aromatic heterocycles. The summed E-state index contributed by atoms with van der Waals surface area (Å²) in [6.45, 7) is 8.87. The first-order chi connectivity index (χ1) is 10.7. The molecule has 4 rings (SSSR count). The molecule has 0 aliphatic heterocycles. The second-order valence-electron chi connectivity index (χ2n) is 9.74. The lowest BCUT2D eigenvalue weighted by Crippen LogP contribution is -2.55. The fraction of sp³-hybridized carbons (Fsp3) is 0.857. The number of fused-ring (bicyclic) bond motifs is 5. The van der Waals surface area contributed by atoms with Crippen LogP contribution in [0.1, 0.15) is 72.6 Å². The van der Waals surface area contributed by atoms with E-state index in [0.717, 1.165) is 30.8 Å². The van der Waals surface area contributed by atoms with Gasteiger partial charge < -0.3 is 5.11 Å². The van der Waals surface area contributed by atoms with Crippen LogP contribution in [0.3, 0.4) is 0 Å². The zero-order valence-corrected chi connectivity index (χ0v) is 15.2. The molecular formula is C21H32O2.